The highest BCUT2D eigenvalue weighted by Crippen LogP contribution is 2.29. The number of para-hydroxylation sites is 2. The molecule has 0 spiro atoms. The Morgan fingerprint density at radius 3 is 2.80 bits per heavy atom. The van der Waals surface area contributed by atoms with Crippen LogP contribution in [0.25, 0.3) is 17.1 Å². The number of carbonyl (C=O) groups excluding carboxylic acids is 1. The van der Waals surface area contributed by atoms with Gasteiger partial charge in [0.15, 0.2) is 11.5 Å². The average molecular weight is 415 g/mol. The van der Waals surface area contributed by atoms with E-state index in [0.29, 0.717) is 12.1 Å². The molecule has 1 N–H and O–H groups in total. The van der Waals surface area contributed by atoms with Gasteiger partial charge in [-0.15, -0.1) is 0 Å². The summed E-state index contributed by atoms with van der Waals surface area (Å²) in [5.41, 5.74) is 2.67. The van der Waals surface area contributed by atoms with Gasteiger partial charge >= 0.3 is 6.61 Å². The lowest BCUT2D eigenvalue weighted by Gasteiger charge is -2.10. The van der Waals surface area contributed by atoms with Crippen molar-refractivity contribution >= 4 is 23.0 Å². The van der Waals surface area contributed by atoms with Crippen molar-refractivity contribution < 1.29 is 23.0 Å². The number of aromatic nitrogens is 2. The molecule has 6 nitrogen and oxygen atoms in total. The standard InChI is InChI=1S/C22H23F2N3O3/c1-15-26-17-6-3-4-7-18(17)27(15)13-5-12-25-21(28)11-9-16-8-10-19(30-22(23)24)20(14-16)29-2/h3-4,6-11,14,22H,5,12-13H2,1-2H3,(H,25,28)/b11-9+. The second-order valence-corrected chi connectivity index (χ2v) is 6.57. The molecule has 1 amide bonds. The Morgan fingerprint density at radius 1 is 1.23 bits per heavy atom. The summed E-state index contributed by atoms with van der Waals surface area (Å²) < 4.78 is 36.3. The summed E-state index contributed by atoms with van der Waals surface area (Å²) >= 11 is 0. The summed E-state index contributed by atoms with van der Waals surface area (Å²) in [6, 6.07) is 12.4. The highest BCUT2D eigenvalue weighted by Gasteiger charge is 2.10. The SMILES string of the molecule is COc1cc(/C=C/C(=O)NCCCn2c(C)nc3ccccc32)ccc1OC(F)F. The lowest BCUT2D eigenvalue weighted by Crippen LogP contribution is -2.23. The number of ether oxygens (including phenoxy) is 2. The van der Waals surface area contributed by atoms with Crippen molar-refractivity contribution in [3.63, 3.8) is 0 Å². The number of rotatable bonds is 9. The van der Waals surface area contributed by atoms with Gasteiger partial charge in [-0.2, -0.15) is 8.78 Å². The summed E-state index contributed by atoms with van der Waals surface area (Å²) in [5, 5.41) is 2.83. The molecule has 30 heavy (non-hydrogen) atoms. The van der Waals surface area contributed by atoms with Gasteiger partial charge < -0.3 is 19.4 Å². The number of nitrogens with zero attached hydrogens (tertiary/aromatic N) is 2. The van der Waals surface area contributed by atoms with E-state index in [1.165, 1.54) is 25.3 Å². The Kier molecular flexibility index (Phi) is 7.00. The van der Waals surface area contributed by atoms with Crippen LogP contribution in [0.1, 0.15) is 17.8 Å². The van der Waals surface area contributed by atoms with Gasteiger partial charge in [-0.1, -0.05) is 18.2 Å². The van der Waals surface area contributed by atoms with Crippen molar-refractivity contribution in [1.29, 1.82) is 0 Å². The van der Waals surface area contributed by atoms with E-state index in [-0.39, 0.29) is 17.4 Å². The van der Waals surface area contributed by atoms with Crippen LogP contribution in [0.15, 0.2) is 48.5 Å². The van der Waals surface area contributed by atoms with Crippen LogP contribution in [0.2, 0.25) is 0 Å². The largest absolute Gasteiger partial charge is 0.493 e. The van der Waals surface area contributed by atoms with Crippen LogP contribution >= 0.6 is 0 Å². The van der Waals surface area contributed by atoms with E-state index in [2.05, 4.69) is 19.6 Å². The maximum Gasteiger partial charge on any atom is 0.387 e. The maximum atomic E-state index is 12.4. The van der Waals surface area contributed by atoms with Gasteiger partial charge in [0.05, 0.1) is 18.1 Å². The third-order valence-corrected chi connectivity index (χ3v) is 4.53. The minimum absolute atomic E-state index is 0.0589. The average Bonchev–Trinajstić information content (AvgIpc) is 3.05. The molecule has 0 aliphatic rings. The molecule has 0 saturated carbocycles. The molecular weight excluding hydrogens is 392 g/mol. The van der Waals surface area contributed by atoms with Crippen LogP contribution in [-0.4, -0.2) is 35.7 Å². The molecule has 158 valence electrons. The Bertz CT molecular complexity index is 1050. The number of aryl methyl sites for hydroxylation is 2. The van der Waals surface area contributed by atoms with Crippen LogP contribution in [0.5, 0.6) is 11.5 Å². The van der Waals surface area contributed by atoms with Crippen LogP contribution in [-0.2, 0) is 11.3 Å². The van der Waals surface area contributed by atoms with Crippen LogP contribution < -0.4 is 14.8 Å². The highest BCUT2D eigenvalue weighted by atomic mass is 19.3. The summed E-state index contributed by atoms with van der Waals surface area (Å²) in [6.07, 6.45) is 3.73. The Labute approximate surface area is 173 Å². The zero-order valence-corrected chi connectivity index (χ0v) is 16.8. The lowest BCUT2D eigenvalue weighted by atomic mass is 10.2. The number of carbonyl (C=O) groups is 1. The van der Waals surface area contributed by atoms with Crippen molar-refractivity contribution in [3.8, 4) is 11.5 Å². The number of benzene rings is 2. The first-order valence-corrected chi connectivity index (χ1v) is 9.48. The predicted octanol–water partition coefficient (Wildman–Crippen LogP) is 4.17. The minimum atomic E-state index is -2.94. The molecule has 1 aromatic heterocycles. The van der Waals surface area contributed by atoms with Gasteiger partial charge in [0.1, 0.15) is 5.82 Å². The number of nitrogens with one attached hydrogen (secondary N) is 1. The molecule has 1 heterocycles. The zero-order chi connectivity index (χ0) is 21.5. The number of alkyl halides is 2. The van der Waals surface area contributed by atoms with E-state index in [4.69, 9.17) is 4.74 Å². The third-order valence-electron chi connectivity index (χ3n) is 4.53. The first-order valence-electron chi connectivity index (χ1n) is 9.48. The molecule has 0 unspecified atom stereocenters. The molecule has 3 rings (SSSR count). The van der Waals surface area contributed by atoms with Gasteiger partial charge in [0.2, 0.25) is 5.91 Å². The summed E-state index contributed by atoms with van der Waals surface area (Å²) in [7, 11) is 1.36. The molecule has 0 radical (unpaired) electrons. The smallest absolute Gasteiger partial charge is 0.387 e. The number of methoxy groups -OCH3 is 1. The number of halogens is 2. The van der Waals surface area contributed by atoms with E-state index in [9.17, 15) is 13.6 Å². The van der Waals surface area contributed by atoms with E-state index in [1.54, 1.807) is 12.1 Å². The first-order chi connectivity index (χ1) is 14.5. The Balaban J connectivity index is 1.51. The molecule has 0 saturated heterocycles. The fraction of sp³-hybridized carbons (Fsp3) is 0.273. The number of hydrogen-bond donors (Lipinski definition) is 1. The Hall–Kier alpha value is -3.42. The predicted molar refractivity (Wildman–Crippen MR) is 111 cm³/mol. The number of imidazole rings is 1. The summed E-state index contributed by atoms with van der Waals surface area (Å²) in [6.45, 7) is 0.293. The van der Waals surface area contributed by atoms with Crippen LogP contribution in [0.4, 0.5) is 8.78 Å². The second kappa shape index (κ2) is 9.87. The topological polar surface area (TPSA) is 65.4 Å². The van der Waals surface area contributed by atoms with Crippen molar-refractivity contribution in [2.45, 2.75) is 26.5 Å². The molecule has 3 aromatic rings. The minimum Gasteiger partial charge on any atom is -0.493 e. The summed E-state index contributed by atoms with van der Waals surface area (Å²) in [5.74, 6) is 0.807. The number of fused-ring (bicyclic) bond motifs is 1. The van der Waals surface area contributed by atoms with Gasteiger partial charge in [0, 0.05) is 19.2 Å². The quantitative estimate of drug-likeness (QED) is 0.421. The highest BCUT2D eigenvalue weighted by molar-refractivity contribution is 5.91. The lowest BCUT2D eigenvalue weighted by molar-refractivity contribution is -0.116. The van der Waals surface area contributed by atoms with Crippen LogP contribution in [0, 0.1) is 6.92 Å². The monoisotopic (exact) mass is 415 g/mol. The van der Waals surface area contributed by atoms with Gasteiger partial charge in [-0.25, -0.2) is 4.98 Å². The molecule has 0 bridgehead atoms. The van der Waals surface area contributed by atoms with E-state index in [0.717, 1.165) is 29.8 Å². The maximum absolute atomic E-state index is 12.4. The van der Waals surface area contributed by atoms with Gasteiger partial charge in [0.25, 0.3) is 0 Å². The molecule has 0 atom stereocenters. The van der Waals surface area contributed by atoms with Gasteiger partial charge in [-0.05, 0) is 49.2 Å². The number of hydrogen-bond acceptors (Lipinski definition) is 4. The van der Waals surface area contributed by atoms with Crippen molar-refractivity contribution in [2.75, 3.05) is 13.7 Å². The fourth-order valence-electron chi connectivity index (χ4n) is 3.14. The normalized spacial score (nSPS) is 11.4. The third kappa shape index (κ3) is 5.34. The molecular formula is C22H23F2N3O3. The van der Waals surface area contributed by atoms with Gasteiger partial charge in [-0.3, -0.25) is 4.79 Å². The fourth-order valence-corrected chi connectivity index (χ4v) is 3.14. The number of amides is 1. The molecule has 0 fully saturated rings. The van der Waals surface area contributed by atoms with Crippen molar-refractivity contribution in [1.82, 2.24) is 14.9 Å². The van der Waals surface area contributed by atoms with Crippen molar-refractivity contribution in [3.05, 3.63) is 59.9 Å². The molecule has 0 aliphatic carbocycles. The zero-order valence-electron chi connectivity index (χ0n) is 16.8. The summed E-state index contributed by atoms with van der Waals surface area (Å²) in [4.78, 5) is 16.6. The van der Waals surface area contributed by atoms with Crippen LogP contribution in [0.3, 0.4) is 0 Å². The molecule has 2 aromatic carbocycles. The van der Waals surface area contributed by atoms with E-state index < -0.39 is 6.61 Å². The molecule has 8 heteroatoms. The van der Waals surface area contributed by atoms with Crippen molar-refractivity contribution in [2.24, 2.45) is 0 Å². The first kappa shape index (κ1) is 21.3. The van der Waals surface area contributed by atoms with E-state index >= 15 is 0 Å². The molecule has 0 aliphatic heterocycles. The second-order valence-electron chi connectivity index (χ2n) is 6.57. The Morgan fingerprint density at radius 2 is 2.03 bits per heavy atom. The van der Waals surface area contributed by atoms with E-state index in [1.807, 2.05) is 31.2 Å².